The van der Waals surface area contributed by atoms with Gasteiger partial charge in [0.2, 0.25) is 5.91 Å². The van der Waals surface area contributed by atoms with Crippen LogP contribution in [-0.4, -0.2) is 36.6 Å². The lowest BCUT2D eigenvalue weighted by molar-refractivity contribution is -0.123. The van der Waals surface area contributed by atoms with Crippen LogP contribution in [0.1, 0.15) is 24.4 Å². The molecule has 2 heterocycles. The molecule has 176 valence electrons. The van der Waals surface area contributed by atoms with E-state index < -0.39 is 12.1 Å². The number of rotatable bonds is 7. The van der Waals surface area contributed by atoms with Crippen molar-refractivity contribution in [2.24, 2.45) is 5.92 Å². The normalized spacial score (nSPS) is 14.8. The Morgan fingerprint density at radius 2 is 1.65 bits per heavy atom. The number of piperidine rings is 1. The minimum absolute atomic E-state index is 0.228. The number of amides is 3. The van der Waals surface area contributed by atoms with Gasteiger partial charge in [0.15, 0.2) is 0 Å². The molecule has 0 spiro atoms. The van der Waals surface area contributed by atoms with Gasteiger partial charge >= 0.3 is 6.03 Å². The molecular weight excluding hydrogens is 450 g/mol. The molecule has 1 aliphatic heterocycles. The van der Waals surface area contributed by atoms with Crippen LogP contribution in [-0.2, 0) is 4.79 Å². The monoisotopic (exact) mass is 477 g/mol. The van der Waals surface area contributed by atoms with Gasteiger partial charge < -0.3 is 20.9 Å². The fourth-order valence-corrected chi connectivity index (χ4v) is 4.20. The molecule has 34 heavy (non-hydrogen) atoms. The maximum absolute atomic E-state index is 13.1. The highest BCUT2D eigenvalue weighted by Gasteiger charge is 2.25. The van der Waals surface area contributed by atoms with Crippen molar-refractivity contribution < 1.29 is 9.59 Å². The first-order chi connectivity index (χ1) is 16.6. The maximum Gasteiger partial charge on any atom is 0.320 e. The Balaban J connectivity index is 1.33. The Morgan fingerprint density at radius 1 is 0.971 bits per heavy atom. The number of nitrogens with one attached hydrogen (secondary N) is 3. The molecule has 3 amide bonds. The van der Waals surface area contributed by atoms with Crippen LogP contribution in [0.4, 0.5) is 16.2 Å². The largest absolute Gasteiger partial charge is 0.371 e. The summed E-state index contributed by atoms with van der Waals surface area (Å²) in [5, 5.41) is 9.19. The summed E-state index contributed by atoms with van der Waals surface area (Å²) in [6, 6.07) is 18.8. The van der Waals surface area contributed by atoms with Crippen LogP contribution in [0.25, 0.3) is 0 Å². The van der Waals surface area contributed by atoms with Crippen LogP contribution >= 0.6 is 11.6 Å². The van der Waals surface area contributed by atoms with E-state index in [0.717, 1.165) is 31.5 Å². The average molecular weight is 478 g/mol. The number of pyridine rings is 1. The molecule has 1 aromatic heterocycles. The SMILES string of the molecule is O=C(Nc1ccc(Cl)cc1)NC(C(=O)NCC1CCN(c2ccncc2)CC1)c1ccccc1. The molecule has 0 radical (unpaired) electrons. The quantitative estimate of drug-likeness (QED) is 0.463. The van der Waals surface area contributed by atoms with Crippen molar-refractivity contribution >= 4 is 34.9 Å². The number of nitrogens with zero attached hydrogens (tertiary/aromatic N) is 2. The molecule has 2 aromatic carbocycles. The summed E-state index contributed by atoms with van der Waals surface area (Å²) >= 11 is 5.91. The van der Waals surface area contributed by atoms with Crippen LogP contribution in [0.5, 0.6) is 0 Å². The molecule has 0 bridgehead atoms. The predicted molar refractivity (Wildman–Crippen MR) is 135 cm³/mol. The zero-order chi connectivity index (χ0) is 23.8. The van der Waals surface area contributed by atoms with Crippen LogP contribution < -0.4 is 20.9 Å². The summed E-state index contributed by atoms with van der Waals surface area (Å²) in [4.78, 5) is 32.2. The number of urea groups is 1. The summed E-state index contributed by atoms with van der Waals surface area (Å²) < 4.78 is 0. The summed E-state index contributed by atoms with van der Waals surface area (Å²) in [5.41, 5.74) is 2.49. The third-order valence-corrected chi connectivity index (χ3v) is 6.23. The van der Waals surface area contributed by atoms with Gasteiger partial charge in [-0.3, -0.25) is 9.78 Å². The molecule has 1 fully saturated rings. The van der Waals surface area contributed by atoms with E-state index in [1.54, 1.807) is 36.7 Å². The zero-order valence-electron chi connectivity index (χ0n) is 18.8. The van der Waals surface area contributed by atoms with Crippen LogP contribution in [0.3, 0.4) is 0 Å². The first-order valence-corrected chi connectivity index (χ1v) is 11.8. The standard InChI is InChI=1S/C26H28ClN5O2/c27-21-6-8-22(9-7-21)30-26(34)31-24(20-4-2-1-3-5-20)25(33)29-18-19-12-16-32(17-13-19)23-10-14-28-15-11-23/h1-11,14-15,19,24H,12-13,16-18H2,(H,29,33)(H2,30,31,34). The Bertz CT molecular complexity index is 1070. The molecule has 3 N–H and O–H groups in total. The molecule has 8 heteroatoms. The van der Waals surface area contributed by atoms with Crippen molar-refractivity contribution in [1.82, 2.24) is 15.6 Å². The van der Waals surface area contributed by atoms with E-state index in [2.05, 4.69) is 25.8 Å². The Hall–Kier alpha value is -3.58. The van der Waals surface area contributed by atoms with Gasteiger partial charge in [-0.25, -0.2) is 4.79 Å². The van der Waals surface area contributed by atoms with Crippen molar-refractivity contribution in [2.75, 3.05) is 29.9 Å². The minimum atomic E-state index is -0.801. The minimum Gasteiger partial charge on any atom is -0.371 e. The van der Waals surface area contributed by atoms with Crippen LogP contribution in [0.15, 0.2) is 79.1 Å². The highest BCUT2D eigenvalue weighted by molar-refractivity contribution is 6.30. The maximum atomic E-state index is 13.1. The molecule has 1 aliphatic rings. The Labute approximate surface area is 204 Å². The topological polar surface area (TPSA) is 86.4 Å². The van der Waals surface area contributed by atoms with Crippen LogP contribution in [0.2, 0.25) is 5.02 Å². The summed E-state index contributed by atoms with van der Waals surface area (Å²) in [7, 11) is 0. The van der Waals surface area contributed by atoms with E-state index in [0.29, 0.717) is 23.2 Å². The first-order valence-electron chi connectivity index (χ1n) is 11.4. The fraction of sp³-hybridized carbons (Fsp3) is 0.269. The van der Waals surface area contributed by atoms with Gasteiger partial charge in [-0.15, -0.1) is 0 Å². The molecule has 0 saturated carbocycles. The predicted octanol–water partition coefficient (Wildman–Crippen LogP) is 4.63. The van der Waals surface area contributed by atoms with Gasteiger partial charge in [-0.1, -0.05) is 41.9 Å². The third-order valence-electron chi connectivity index (χ3n) is 5.98. The molecule has 4 rings (SSSR count). The van der Waals surface area contributed by atoms with Crippen molar-refractivity contribution in [3.63, 3.8) is 0 Å². The number of halogens is 1. The summed E-state index contributed by atoms with van der Waals surface area (Å²) in [5.74, 6) is 0.162. The average Bonchev–Trinajstić information content (AvgIpc) is 2.88. The number of aromatic nitrogens is 1. The van der Waals surface area contributed by atoms with Crippen LogP contribution in [0, 0.1) is 5.92 Å². The lowest BCUT2D eigenvalue weighted by atomic mass is 9.96. The van der Waals surface area contributed by atoms with E-state index >= 15 is 0 Å². The lowest BCUT2D eigenvalue weighted by Gasteiger charge is -2.33. The molecule has 7 nitrogen and oxygen atoms in total. The van der Waals surface area contributed by atoms with Gasteiger partial charge in [0.05, 0.1) is 0 Å². The molecule has 1 atom stereocenters. The molecular formula is C26H28ClN5O2. The van der Waals surface area contributed by atoms with Gasteiger partial charge in [-0.05, 0) is 60.7 Å². The molecule has 1 saturated heterocycles. The highest BCUT2D eigenvalue weighted by atomic mass is 35.5. The molecule has 1 unspecified atom stereocenters. The number of hydrogen-bond donors (Lipinski definition) is 3. The van der Waals surface area contributed by atoms with E-state index in [4.69, 9.17) is 11.6 Å². The molecule has 0 aliphatic carbocycles. The first kappa shape index (κ1) is 23.6. The van der Waals surface area contributed by atoms with Crippen molar-refractivity contribution in [3.05, 3.63) is 89.7 Å². The van der Waals surface area contributed by atoms with E-state index in [-0.39, 0.29) is 5.91 Å². The van der Waals surface area contributed by atoms with Crippen molar-refractivity contribution in [3.8, 4) is 0 Å². The fourth-order valence-electron chi connectivity index (χ4n) is 4.07. The second-order valence-electron chi connectivity index (χ2n) is 8.33. The van der Waals surface area contributed by atoms with Gasteiger partial charge in [0.25, 0.3) is 0 Å². The summed E-state index contributed by atoms with van der Waals surface area (Å²) in [6.45, 7) is 2.45. The van der Waals surface area contributed by atoms with E-state index in [1.807, 2.05) is 42.5 Å². The second kappa shape index (κ2) is 11.5. The zero-order valence-corrected chi connectivity index (χ0v) is 19.5. The number of hydrogen-bond acceptors (Lipinski definition) is 4. The summed E-state index contributed by atoms with van der Waals surface area (Å²) in [6.07, 6.45) is 5.59. The third kappa shape index (κ3) is 6.48. The number of carbonyl (C=O) groups is 2. The smallest absolute Gasteiger partial charge is 0.320 e. The molecule has 3 aromatic rings. The highest BCUT2D eigenvalue weighted by Crippen LogP contribution is 2.23. The Kier molecular flexibility index (Phi) is 7.99. The number of carbonyl (C=O) groups excluding carboxylic acids is 2. The number of anilines is 2. The lowest BCUT2D eigenvalue weighted by Crippen LogP contribution is -2.44. The Morgan fingerprint density at radius 3 is 2.32 bits per heavy atom. The van der Waals surface area contributed by atoms with Gasteiger partial charge in [0, 0.05) is 48.4 Å². The van der Waals surface area contributed by atoms with E-state index in [1.165, 1.54) is 5.69 Å². The van der Waals surface area contributed by atoms with Gasteiger partial charge in [0.1, 0.15) is 6.04 Å². The second-order valence-corrected chi connectivity index (χ2v) is 8.77. The van der Waals surface area contributed by atoms with Crippen molar-refractivity contribution in [2.45, 2.75) is 18.9 Å². The van der Waals surface area contributed by atoms with E-state index in [9.17, 15) is 9.59 Å². The number of benzene rings is 2. The van der Waals surface area contributed by atoms with Crippen molar-refractivity contribution in [1.29, 1.82) is 0 Å². The van der Waals surface area contributed by atoms with Gasteiger partial charge in [-0.2, -0.15) is 0 Å².